The molecule has 0 saturated carbocycles. The van der Waals surface area contributed by atoms with Gasteiger partial charge in [0, 0.05) is 12.2 Å². The lowest BCUT2D eigenvalue weighted by atomic mass is 10.5. The summed E-state index contributed by atoms with van der Waals surface area (Å²) in [6.07, 6.45) is 2.21. The third kappa shape index (κ3) is 2.29. The zero-order chi connectivity index (χ0) is 10.7. The van der Waals surface area contributed by atoms with Crippen LogP contribution in [-0.2, 0) is 4.79 Å². The molecule has 76 valence electrons. The van der Waals surface area contributed by atoms with Crippen LogP contribution in [0.15, 0.2) is 28.0 Å². The van der Waals surface area contributed by atoms with Crippen LogP contribution in [0.4, 0.5) is 0 Å². The Morgan fingerprint density at radius 1 is 1.53 bits per heavy atom. The number of nitrogens with zero attached hydrogens (tertiary/aromatic N) is 2. The first-order valence-electron chi connectivity index (χ1n) is 4.04. The number of carboxylic acid groups (broad SMARTS) is 1. The van der Waals surface area contributed by atoms with Crippen LogP contribution < -0.4 is 0 Å². The van der Waals surface area contributed by atoms with Gasteiger partial charge in [0.2, 0.25) is 5.89 Å². The first kappa shape index (κ1) is 9.60. The molecule has 6 heteroatoms. The van der Waals surface area contributed by atoms with E-state index in [1.807, 2.05) is 17.5 Å². The molecule has 0 saturated heterocycles. The van der Waals surface area contributed by atoms with Gasteiger partial charge >= 0.3 is 5.97 Å². The number of hydrogen-bond acceptors (Lipinski definition) is 5. The summed E-state index contributed by atoms with van der Waals surface area (Å²) in [5.74, 6) is -0.471. The maximum atomic E-state index is 10.2. The standard InChI is InChI=1S/C9H6N2O3S/c12-8(13)4-3-7-10-11-9(14-7)6-2-1-5-15-6/h1-5H,(H,12,13). The van der Waals surface area contributed by atoms with E-state index in [1.54, 1.807) is 0 Å². The Labute approximate surface area is 88.7 Å². The minimum Gasteiger partial charge on any atom is -0.478 e. The van der Waals surface area contributed by atoms with Gasteiger partial charge in [0.15, 0.2) is 0 Å². The van der Waals surface area contributed by atoms with Crippen LogP contribution in [-0.4, -0.2) is 21.3 Å². The number of aromatic nitrogens is 2. The lowest BCUT2D eigenvalue weighted by Crippen LogP contribution is -1.85. The molecule has 5 nitrogen and oxygen atoms in total. The first-order chi connectivity index (χ1) is 7.25. The van der Waals surface area contributed by atoms with Crippen molar-refractivity contribution in [2.24, 2.45) is 0 Å². The predicted octanol–water partition coefficient (Wildman–Crippen LogP) is 1.90. The van der Waals surface area contributed by atoms with Gasteiger partial charge in [-0.25, -0.2) is 4.79 Å². The zero-order valence-corrected chi connectivity index (χ0v) is 8.27. The highest BCUT2D eigenvalue weighted by Crippen LogP contribution is 2.23. The van der Waals surface area contributed by atoms with E-state index in [2.05, 4.69) is 10.2 Å². The summed E-state index contributed by atoms with van der Waals surface area (Å²) < 4.78 is 5.22. The topological polar surface area (TPSA) is 76.2 Å². The molecule has 1 N–H and O–H groups in total. The van der Waals surface area contributed by atoms with Gasteiger partial charge in [0.1, 0.15) is 0 Å². The Bertz CT molecular complexity index is 487. The third-order valence-electron chi connectivity index (χ3n) is 1.54. The molecule has 2 aromatic heterocycles. The molecule has 0 bridgehead atoms. The van der Waals surface area contributed by atoms with E-state index in [0.29, 0.717) is 5.89 Å². The highest BCUT2D eigenvalue weighted by Gasteiger charge is 2.06. The average Bonchev–Trinajstić information content (AvgIpc) is 2.85. The van der Waals surface area contributed by atoms with Crippen LogP contribution >= 0.6 is 11.3 Å². The lowest BCUT2D eigenvalue weighted by Gasteiger charge is -1.83. The second-order valence-corrected chi connectivity index (χ2v) is 3.54. The molecule has 15 heavy (non-hydrogen) atoms. The van der Waals surface area contributed by atoms with Gasteiger partial charge in [-0.15, -0.1) is 21.5 Å². The van der Waals surface area contributed by atoms with Gasteiger partial charge < -0.3 is 9.52 Å². The van der Waals surface area contributed by atoms with Crippen LogP contribution in [0.5, 0.6) is 0 Å². The maximum absolute atomic E-state index is 10.2. The molecule has 0 amide bonds. The molecule has 0 aliphatic carbocycles. The molecule has 2 rings (SSSR count). The van der Waals surface area contributed by atoms with Crippen molar-refractivity contribution in [2.75, 3.05) is 0 Å². The van der Waals surface area contributed by atoms with Crippen molar-refractivity contribution in [3.63, 3.8) is 0 Å². The molecular formula is C9H6N2O3S. The molecule has 2 heterocycles. The minimum atomic E-state index is -1.05. The molecule has 0 radical (unpaired) electrons. The van der Waals surface area contributed by atoms with E-state index in [1.165, 1.54) is 17.4 Å². The van der Waals surface area contributed by atoms with Crippen molar-refractivity contribution in [1.29, 1.82) is 0 Å². The van der Waals surface area contributed by atoms with Crippen LogP contribution in [0.3, 0.4) is 0 Å². The zero-order valence-electron chi connectivity index (χ0n) is 7.45. The Balaban J connectivity index is 2.21. The van der Waals surface area contributed by atoms with Crippen molar-refractivity contribution >= 4 is 23.4 Å². The molecule has 0 unspecified atom stereocenters. The van der Waals surface area contributed by atoms with Gasteiger partial charge in [-0.3, -0.25) is 0 Å². The summed E-state index contributed by atoms with van der Waals surface area (Å²) in [6.45, 7) is 0. The van der Waals surface area contributed by atoms with E-state index < -0.39 is 5.97 Å². The summed E-state index contributed by atoms with van der Waals surface area (Å²) in [4.78, 5) is 11.1. The monoisotopic (exact) mass is 222 g/mol. The maximum Gasteiger partial charge on any atom is 0.328 e. The second kappa shape index (κ2) is 4.05. The Morgan fingerprint density at radius 2 is 2.40 bits per heavy atom. The van der Waals surface area contributed by atoms with Gasteiger partial charge in [0.05, 0.1) is 4.88 Å². The number of carboxylic acids is 1. The number of carbonyl (C=O) groups is 1. The van der Waals surface area contributed by atoms with Crippen molar-refractivity contribution < 1.29 is 14.3 Å². The molecule has 0 aliphatic heterocycles. The Kier molecular flexibility index (Phi) is 2.59. The van der Waals surface area contributed by atoms with E-state index in [-0.39, 0.29) is 5.89 Å². The summed E-state index contributed by atoms with van der Waals surface area (Å²) in [6, 6.07) is 3.72. The summed E-state index contributed by atoms with van der Waals surface area (Å²) in [5, 5.41) is 17.8. The fourth-order valence-corrected chi connectivity index (χ4v) is 1.59. The highest BCUT2D eigenvalue weighted by atomic mass is 32.1. The molecule has 0 atom stereocenters. The number of rotatable bonds is 3. The van der Waals surface area contributed by atoms with Gasteiger partial charge in [0.25, 0.3) is 5.89 Å². The van der Waals surface area contributed by atoms with Crippen LogP contribution in [0.25, 0.3) is 16.8 Å². The first-order valence-corrected chi connectivity index (χ1v) is 4.92. The van der Waals surface area contributed by atoms with Crippen LogP contribution in [0.1, 0.15) is 5.89 Å². The van der Waals surface area contributed by atoms with E-state index in [4.69, 9.17) is 9.52 Å². The SMILES string of the molecule is O=C(O)C=Cc1nnc(-c2cccs2)o1. The Hall–Kier alpha value is -1.95. The number of hydrogen-bond donors (Lipinski definition) is 1. The molecule has 2 aromatic rings. The lowest BCUT2D eigenvalue weighted by molar-refractivity contribution is -0.131. The van der Waals surface area contributed by atoms with Gasteiger partial charge in [-0.05, 0) is 11.4 Å². The van der Waals surface area contributed by atoms with Crippen LogP contribution in [0.2, 0.25) is 0 Å². The Morgan fingerprint density at radius 3 is 3.07 bits per heavy atom. The number of thiophene rings is 1. The van der Waals surface area contributed by atoms with Crippen molar-refractivity contribution in [2.45, 2.75) is 0 Å². The molecule has 0 aliphatic rings. The van der Waals surface area contributed by atoms with E-state index in [0.717, 1.165) is 11.0 Å². The third-order valence-corrected chi connectivity index (χ3v) is 2.40. The fraction of sp³-hybridized carbons (Fsp3) is 0. The molecule has 0 fully saturated rings. The van der Waals surface area contributed by atoms with Crippen LogP contribution in [0, 0.1) is 0 Å². The van der Waals surface area contributed by atoms with Crippen molar-refractivity contribution in [3.8, 4) is 10.8 Å². The normalized spacial score (nSPS) is 10.9. The van der Waals surface area contributed by atoms with E-state index in [9.17, 15) is 4.79 Å². The predicted molar refractivity (Wildman–Crippen MR) is 54.3 cm³/mol. The molecule has 0 aromatic carbocycles. The highest BCUT2D eigenvalue weighted by molar-refractivity contribution is 7.13. The summed E-state index contributed by atoms with van der Waals surface area (Å²) >= 11 is 1.48. The summed E-state index contributed by atoms with van der Waals surface area (Å²) in [7, 11) is 0. The summed E-state index contributed by atoms with van der Waals surface area (Å²) in [5.41, 5.74) is 0. The van der Waals surface area contributed by atoms with Crippen molar-refractivity contribution in [3.05, 3.63) is 29.5 Å². The van der Waals surface area contributed by atoms with Crippen molar-refractivity contribution in [1.82, 2.24) is 10.2 Å². The molecular weight excluding hydrogens is 216 g/mol. The second-order valence-electron chi connectivity index (χ2n) is 2.59. The average molecular weight is 222 g/mol. The van der Waals surface area contributed by atoms with E-state index >= 15 is 0 Å². The number of aliphatic carboxylic acids is 1. The van der Waals surface area contributed by atoms with Gasteiger partial charge in [-0.1, -0.05) is 6.07 Å². The minimum absolute atomic E-state index is 0.181. The fourth-order valence-electron chi connectivity index (χ4n) is 0.944. The largest absolute Gasteiger partial charge is 0.478 e. The smallest absolute Gasteiger partial charge is 0.328 e. The quantitative estimate of drug-likeness (QED) is 0.802. The van der Waals surface area contributed by atoms with Gasteiger partial charge in [-0.2, -0.15) is 0 Å². The molecule has 0 spiro atoms.